The first-order valence-electron chi connectivity index (χ1n) is 6.60. The molecular weight excluding hydrogens is 228 g/mol. The Morgan fingerprint density at radius 2 is 2.11 bits per heavy atom. The van der Waals surface area contributed by atoms with Crippen molar-refractivity contribution >= 4 is 11.4 Å². The zero-order valence-corrected chi connectivity index (χ0v) is 11.4. The molecule has 0 aliphatic heterocycles. The number of nitrogens with zero attached hydrogens (tertiary/aromatic N) is 1. The Labute approximate surface area is 109 Å². The second-order valence-electron chi connectivity index (χ2n) is 4.65. The first kappa shape index (κ1) is 14.5. The molecule has 1 unspecified atom stereocenters. The third kappa shape index (κ3) is 4.02. The van der Waals surface area contributed by atoms with Crippen LogP contribution in [0.3, 0.4) is 0 Å². The lowest BCUT2D eigenvalue weighted by Gasteiger charge is -2.18. The Balaban J connectivity index is 2.77. The largest absolute Gasteiger partial charge is 0.382 e. The number of nitrogens with one attached hydrogen (secondary N) is 1. The zero-order chi connectivity index (χ0) is 13.5. The van der Waals surface area contributed by atoms with Crippen LogP contribution in [0.1, 0.15) is 45.1 Å². The Morgan fingerprint density at radius 3 is 2.67 bits per heavy atom. The standard InChI is InChI=1S/C14H22N2O2/c1-4-6-7-12(5-2)15-13-9-8-11(3)14(10-13)16(17)18/h8-10,12,15H,4-7H2,1-3H3. The predicted octanol–water partition coefficient (Wildman–Crippen LogP) is 4.28. The van der Waals surface area contributed by atoms with E-state index in [-0.39, 0.29) is 10.6 Å². The smallest absolute Gasteiger partial charge is 0.274 e. The van der Waals surface area contributed by atoms with Gasteiger partial charge in [0.2, 0.25) is 0 Å². The Bertz CT molecular complexity index is 405. The molecule has 0 spiro atoms. The van der Waals surface area contributed by atoms with Crippen LogP contribution in [0.25, 0.3) is 0 Å². The minimum atomic E-state index is -0.326. The van der Waals surface area contributed by atoms with E-state index < -0.39 is 0 Å². The molecule has 0 aromatic heterocycles. The summed E-state index contributed by atoms with van der Waals surface area (Å²) < 4.78 is 0. The molecule has 0 radical (unpaired) electrons. The van der Waals surface area contributed by atoms with Crippen molar-refractivity contribution in [1.82, 2.24) is 0 Å². The quantitative estimate of drug-likeness (QED) is 0.580. The summed E-state index contributed by atoms with van der Waals surface area (Å²) in [5.74, 6) is 0. The molecule has 4 heteroatoms. The molecule has 1 aromatic carbocycles. The fourth-order valence-corrected chi connectivity index (χ4v) is 1.96. The van der Waals surface area contributed by atoms with Crippen LogP contribution >= 0.6 is 0 Å². The highest BCUT2D eigenvalue weighted by molar-refractivity contribution is 5.55. The molecule has 0 saturated heterocycles. The number of hydrogen-bond donors (Lipinski definition) is 1. The fourth-order valence-electron chi connectivity index (χ4n) is 1.96. The van der Waals surface area contributed by atoms with E-state index in [1.165, 1.54) is 12.8 Å². The minimum Gasteiger partial charge on any atom is -0.382 e. The normalized spacial score (nSPS) is 12.2. The summed E-state index contributed by atoms with van der Waals surface area (Å²) >= 11 is 0. The van der Waals surface area contributed by atoms with Crippen molar-refractivity contribution in [2.75, 3.05) is 5.32 Å². The average molecular weight is 250 g/mol. The number of benzene rings is 1. The number of anilines is 1. The fraction of sp³-hybridized carbons (Fsp3) is 0.571. The van der Waals surface area contributed by atoms with E-state index in [1.54, 1.807) is 19.1 Å². The molecule has 0 amide bonds. The molecule has 1 aromatic rings. The second-order valence-corrected chi connectivity index (χ2v) is 4.65. The maximum atomic E-state index is 10.9. The molecule has 0 heterocycles. The summed E-state index contributed by atoms with van der Waals surface area (Å²) in [6.45, 7) is 6.07. The van der Waals surface area contributed by atoms with E-state index in [2.05, 4.69) is 19.2 Å². The monoisotopic (exact) mass is 250 g/mol. The van der Waals surface area contributed by atoms with Crippen molar-refractivity contribution in [3.05, 3.63) is 33.9 Å². The highest BCUT2D eigenvalue weighted by atomic mass is 16.6. The van der Waals surface area contributed by atoms with Gasteiger partial charge in [-0.2, -0.15) is 0 Å². The molecule has 100 valence electrons. The number of nitro groups is 1. The van der Waals surface area contributed by atoms with E-state index in [0.29, 0.717) is 11.6 Å². The van der Waals surface area contributed by atoms with Crippen molar-refractivity contribution in [3.8, 4) is 0 Å². The number of unbranched alkanes of at least 4 members (excludes halogenated alkanes) is 1. The molecule has 0 aliphatic carbocycles. The van der Waals surface area contributed by atoms with Crippen molar-refractivity contribution in [3.63, 3.8) is 0 Å². The SMILES string of the molecule is CCCCC(CC)Nc1ccc(C)c([N+](=O)[O-])c1. The van der Waals surface area contributed by atoms with Gasteiger partial charge in [-0.1, -0.05) is 32.8 Å². The zero-order valence-electron chi connectivity index (χ0n) is 11.4. The predicted molar refractivity (Wildman–Crippen MR) is 75.1 cm³/mol. The lowest BCUT2D eigenvalue weighted by molar-refractivity contribution is -0.385. The Morgan fingerprint density at radius 1 is 1.39 bits per heavy atom. The minimum absolute atomic E-state index is 0.186. The van der Waals surface area contributed by atoms with Gasteiger partial charge in [0.15, 0.2) is 0 Å². The molecular formula is C14H22N2O2. The number of rotatable bonds is 7. The van der Waals surface area contributed by atoms with Crippen LogP contribution in [-0.4, -0.2) is 11.0 Å². The first-order chi connectivity index (χ1) is 8.58. The van der Waals surface area contributed by atoms with Gasteiger partial charge in [-0.05, 0) is 25.8 Å². The number of aryl methyl sites for hydroxylation is 1. The van der Waals surface area contributed by atoms with Gasteiger partial charge in [0.25, 0.3) is 5.69 Å². The van der Waals surface area contributed by atoms with Gasteiger partial charge in [0, 0.05) is 23.4 Å². The van der Waals surface area contributed by atoms with Crippen LogP contribution in [0.5, 0.6) is 0 Å². The van der Waals surface area contributed by atoms with Gasteiger partial charge in [0.1, 0.15) is 0 Å². The van der Waals surface area contributed by atoms with E-state index in [0.717, 1.165) is 18.5 Å². The third-order valence-corrected chi connectivity index (χ3v) is 3.18. The highest BCUT2D eigenvalue weighted by Crippen LogP contribution is 2.23. The maximum absolute atomic E-state index is 10.9. The average Bonchev–Trinajstić information content (AvgIpc) is 2.36. The van der Waals surface area contributed by atoms with Crippen molar-refractivity contribution < 1.29 is 4.92 Å². The number of hydrogen-bond acceptors (Lipinski definition) is 3. The molecule has 0 bridgehead atoms. The van der Waals surface area contributed by atoms with Crippen molar-refractivity contribution in [2.45, 2.75) is 52.5 Å². The lowest BCUT2D eigenvalue weighted by Crippen LogP contribution is -2.18. The van der Waals surface area contributed by atoms with Crippen LogP contribution < -0.4 is 5.32 Å². The summed E-state index contributed by atoms with van der Waals surface area (Å²) in [6.07, 6.45) is 4.49. The Kier molecular flexibility index (Phi) is 5.62. The van der Waals surface area contributed by atoms with Gasteiger partial charge >= 0.3 is 0 Å². The van der Waals surface area contributed by atoms with Crippen LogP contribution in [0.2, 0.25) is 0 Å². The Hall–Kier alpha value is -1.58. The molecule has 0 fully saturated rings. The van der Waals surface area contributed by atoms with Gasteiger partial charge in [0.05, 0.1) is 4.92 Å². The van der Waals surface area contributed by atoms with E-state index in [4.69, 9.17) is 0 Å². The summed E-state index contributed by atoms with van der Waals surface area (Å²) in [5, 5.41) is 14.3. The van der Waals surface area contributed by atoms with Crippen molar-refractivity contribution in [1.29, 1.82) is 0 Å². The topological polar surface area (TPSA) is 55.2 Å². The van der Waals surface area contributed by atoms with Crippen LogP contribution in [0.15, 0.2) is 18.2 Å². The van der Waals surface area contributed by atoms with E-state index in [9.17, 15) is 10.1 Å². The van der Waals surface area contributed by atoms with Gasteiger partial charge in [-0.3, -0.25) is 10.1 Å². The summed E-state index contributed by atoms with van der Waals surface area (Å²) in [6, 6.07) is 5.74. The first-order valence-corrected chi connectivity index (χ1v) is 6.60. The highest BCUT2D eigenvalue weighted by Gasteiger charge is 2.12. The van der Waals surface area contributed by atoms with E-state index in [1.807, 2.05) is 6.07 Å². The molecule has 1 rings (SSSR count). The number of nitro benzene ring substituents is 1. The van der Waals surface area contributed by atoms with Crippen molar-refractivity contribution in [2.24, 2.45) is 0 Å². The molecule has 18 heavy (non-hydrogen) atoms. The maximum Gasteiger partial charge on any atom is 0.274 e. The van der Waals surface area contributed by atoms with Gasteiger partial charge in [-0.15, -0.1) is 0 Å². The second kappa shape index (κ2) is 6.99. The van der Waals surface area contributed by atoms with E-state index >= 15 is 0 Å². The van der Waals surface area contributed by atoms with Crippen LogP contribution in [0, 0.1) is 17.0 Å². The summed E-state index contributed by atoms with van der Waals surface area (Å²) in [4.78, 5) is 10.6. The molecule has 0 saturated carbocycles. The molecule has 1 N–H and O–H groups in total. The lowest BCUT2D eigenvalue weighted by atomic mass is 10.1. The third-order valence-electron chi connectivity index (χ3n) is 3.18. The molecule has 0 aliphatic rings. The van der Waals surface area contributed by atoms with Crippen LogP contribution in [-0.2, 0) is 0 Å². The van der Waals surface area contributed by atoms with Crippen LogP contribution in [0.4, 0.5) is 11.4 Å². The molecule has 4 nitrogen and oxygen atoms in total. The summed E-state index contributed by atoms with van der Waals surface area (Å²) in [5.41, 5.74) is 1.73. The molecule has 1 atom stereocenters. The van der Waals surface area contributed by atoms with Gasteiger partial charge < -0.3 is 5.32 Å². The summed E-state index contributed by atoms with van der Waals surface area (Å²) in [7, 11) is 0. The van der Waals surface area contributed by atoms with Gasteiger partial charge in [-0.25, -0.2) is 0 Å².